The van der Waals surface area contributed by atoms with Gasteiger partial charge in [0.05, 0.1) is 29.4 Å². The first-order chi connectivity index (χ1) is 10.4. The number of ether oxygens (including phenoxy) is 1. The van der Waals surface area contributed by atoms with Crippen LogP contribution in [0.25, 0.3) is 0 Å². The van der Waals surface area contributed by atoms with E-state index in [1.54, 1.807) is 19.1 Å². The number of nitrogens with zero attached hydrogens (tertiary/aromatic N) is 1. The van der Waals surface area contributed by atoms with Crippen molar-refractivity contribution >= 4 is 29.1 Å². The Labute approximate surface area is 140 Å². The van der Waals surface area contributed by atoms with Gasteiger partial charge in [-0.1, -0.05) is 23.2 Å². The number of rotatable bonds is 5. The third-order valence-electron chi connectivity index (χ3n) is 3.47. The van der Waals surface area contributed by atoms with Crippen LogP contribution in [-0.4, -0.2) is 60.9 Å². The number of carbonyl (C=O) groups is 1. The molecule has 22 heavy (non-hydrogen) atoms. The Kier molecular flexibility index (Phi) is 6.06. The number of benzene rings is 1. The Morgan fingerprint density at radius 1 is 1.41 bits per heavy atom. The van der Waals surface area contributed by atoms with E-state index in [4.69, 9.17) is 27.9 Å². The van der Waals surface area contributed by atoms with Gasteiger partial charge in [0.25, 0.3) is 5.91 Å². The number of hydrogen-bond donors (Lipinski definition) is 2. The van der Waals surface area contributed by atoms with Gasteiger partial charge < -0.3 is 15.2 Å². The summed E-state index contributed by atoms with van der Waals surface area (Å²) in [4.78, 5) is 14.2. The summed E-state index contributed by atoms with van der Waals surface area (Å²) < 4.78 is 5.27. The molecule has 0 bridgehead atoms. The maximum atomic E-state index is 12.1. The summed E-state index contributed by atoms with van der Waals surface area (Å²) in [6, 6.07) is 4.69. The summed E-state index contributed by atoms with van der Waals surface area (Å²) in [5.74, 6) is -0.330. The zero-order valence-electron chi connectivity index (χ0n) is 12.4. The van der Waals surface area contributed by atoms with Crippen molar-refractivity contribution in [1.29, 1.82) is 0 Å². The summed E-state index contributed by atoms with van der Waals surface area (Å²) in [6.07, 6.45) is 0. The molecule has 5 nitrogen and oxygen atoms in total. The molecule has 1 amide bonds. The quantitative estimate of drug-likeness (QED) is 0.853. The molecule has 1 saturated heterocycles. The van der Waals surface area contributed by atoms with Gasteiger partial charge in [-0.15, -0.1) is 0 Å². The van der Waals surface area contributed by atoms with Crippen LogP contribution in [0.15, 0.2) is 18.2 Å². The largest absolute Gasteiger partial charge is 0.387 e. The lowest BCUT2D eigenvalue weighted by molar-refractivity contribution is -0.0213. The van der Waals surface area contributed by atoms with Gasteiger partial charge in [-0.2, -0.15) is 0 Å². The molecule has 0 saturated carbocycles. The Morgan fingerprint density at radius 2 is 2.09 bits per heavy atom. The zero-order chi connectivity index (χ0) is 16.2. The minimum Gasteiger partial charge on any atom is -0.387 e. The predicted octanol–water partition coefficient (Wildman–Crippen LogP) is 1.81. The van der Waals surface area contributed by atoms with Crippen molar-refractivity contribution < 1.29 is 14.6 Å². The van der Waals surface area contributed by atoms with Gasteiger partial charge in [0, 0.05) is 31.2 Å². The normalized spacial score (nSPS) is 18.7. The smallest absolute Gasteiger partial charge is 0.252 e. The molecule has 122 valence electrons. The van der Waals surface area contributed by atoms with Crippen molar-refractivity contribution in [2.75, 3.05) is 39.4 Å². The summed E-state index contributed by atoms with van der Waals surface area (Å²) in [7, 11) is 0. The Hall–Kier alpha value is -0.850. The van der Waals surface area contributed by atoms with E-state index in [0.29, 0.717) is 30.3 Å². The van der Waals surface area contributed by atoms with E-state index in [1.807, 2.05) is 0 Å². The number of nitrogens with one attached hydrogen (secondary N) is 1. The van der Waals surface area contributed by atoms with Gasteiger partial charge >= 0.3 is 0 Å². The molecule has 1 aliphatic heterocycles. The zero-order valence-corrected chi connectivity index (χ0v) is 14.0. The number of morpholine rings is 1. The van der Waals surface area contributed by atoms with Crippen molar-refractivity contribution in [3.63, 3.8) is 0 Å². The first-order valence-electron chi connectivity index (χ1n) is 7.13. The molecule has 2 N–H and O–H groups in total. The Balaban J connectivity index is 1.88. The van der Waals surface area contributed by atoms with Crippen LogP contribution < -0.4 is 5.32 Å². The van der Waals surface area contributed by atoms with Crippen LogP contribution in [-0.2, 0) is 4.74 Å². The number of aliphatic hydroxyl groups is 1. The highest BCUT2D eigenvalue weighted by Crippen LogP contribution is 2.21. The van der Waals surface area contributed by atoms with Crippen LogP contribution in [0.5, 0.6) is 0 Å². The van der Waals surface area contributed by atoms with Crippen LogP contribution in [0.4, 0.5) is 0 Å². The van der Waals surface area contributed by atoms with Gasteiger partial charge in [0.2, 0.25) is 0 Å². The molecule has 1 aromatic rings. The summed E-state index contributed by atoms with van der Waals surface area (Å²) in [6.45, 7) is 5.23. The summed E-state index contributed by atoms with van der Waals surface area (Å²) in [5, 5.41) is 13.9. The molecule has 0 radical (unpaired) electrons. The molecule has 2 rings (SSSR count). The van der Waals surface area contributed by atoms with Gasteiger partial charge in [-0.25, -0.2) is 0 Å². The van der Waals surface area contributed by atoms with E-state index in [9.17, 15) is 9.90 Å². The molecule has 1 atom stereocenters. The molecule has 1 heterocycles. The number of β-amino-alcohol motifs (C(OH)–C–C–N with tert-alkyl or cyclic N) is 1. The number of halogens is 2. The molecule has 0 aromatic heterocycles. The second-order valence-electron chi connectivity index (χ2n) is 5.69. The average Bonchev–Trinajstić information content (AvgIpc) is 2.45. The molecule has 7 heteroatoms. The molecule has 1 fully saturated rings. The molecule has 0 aliphatic carbocycles. The highest BCUT2D eigenvalue weighted by Gasteiger charge is 2.26. The monoisotopic (exact) mass is 346 g/mol. The molecule has 1 unspecified atom stereocenters. The van der Waals surface area contributed by atoms with Gasteiger partial charge in [0.15, 0.2) is 0 Å². The van der Waals surface area contributed by atoms with Crippen molar-refractivity contribution in [3.8, 4) is 0 Å². The predicted molar refractivity (Wildman–Crippen MR) is 86.7 cm³/mol. The van der Waals surface area contributed by atoms with E-state index in [2.05, 4.69) is 10.2 Å². The van der Waals surface area contributed by atoms with Crippen LogP contribution in [0.3, 0.4) is 0 Å². The topological polar surface area (TPSA) is 61.8 Å². The maximum Gasteiger partial charge on any atom is 0.252 e. The number of hydrogen-bond acceptors (Lipinski definition) is 4. The van der Waals surface area contributed by atoms with Gasteiger partial charge in [-0.05, 0) is 25.1 Å². The minimum atomic E-state index is -1.02. The van der Waals surface area contributed by atoms with Crippen molar-refractivity contribution in [2.45, 2.75) is 12.5 Å². The number of carbonyl (C=O) groups excluding carboxylic acids is 1. The summed E-state index contributed by atoms with van der Waals surface area (Å²) in [5.41, 5.74) is -0.681. The van der Waals surface area contributed by atoms with Crippen LogP contribution in [0.2, 0.25) is 10.0 Å². The minimum absolute atomic E-state index is 0.141. The molecule has 1 aromatic carbocycles. The maximum absolute atomic E-state index is 12.1. The second kappa shape index (κ2) is 7.62. The third-order valence-corrected chi connectivity index (χ3v) is 4.02. The lowest BCUT2D eigenvalue weighted by Gasteiger charge is -2.33. The first kappa shape index (κ1) is 17.5. The van der Waals surface area contributed by atoms with Crippen LogP contribution in [0.1, 0.15) is 17.3 Å². The molecular formula is C15H20Cl2N2O3. The highest BCUT2D eigenvalue weighted by molar-refractivity contribution is 6.36. The van der Waals surface area contributed by atoms with Gasteiger partial charge in [0.1, 0.15) is 0 Å². The van der Waals surface area contributed by atoms with E-state index in [-0.39, 0.29) is 17.5 Å². The lowest BCUT2D eigenvalue weighted by atomic mass is 10.1. The molecule has 1 aliphatic rings. The highest BCUT2D eigenvalue weighted by atomic mass is 35.5. The third kappa shape index (κ3) is 5.11. The van der Waals surface area contributed by atoms with Crippen molar-refractivity contribution in [2.24, 2.45) is 0 Å². The van der Waals surface area contributed by atoms with Crippen molar-refractivity contribution in [3.05, 3.63) is 33.8 Å². The van der Waals surface area contributed by atoms with E-state index in [1.165, 1.54) is 6.07 Å². The van der Waals surface area contributed by atoms with E-state index < -0.39 is 5.60 Å². The first-order valence-corrected chi connectivity index (χ1v) is 7.89. The fourth-order valence-electron chi connectivity index (χ4n) is 2.34. The SMILES string of the molecule is CC(O)(CNC(=O)c1ccc(Cl)cc1Cl)CN1CCOCC1. The molecule has 0 spiro atoms. The lowest BCUT2D eigenvalue weighted by Crippen LogP contribution is -2.51. The summed E-state index contributed by atoms with van der Waals surface area (Å²) >= 11 is 11.8. The van der Waals surface area contributed by atoms with E-state index in [0.717, 1.165) is 13.1 Å². The van der Waals surface area contributed by atoms with Crippen LogP contribution in [0, 0.1) is 0 Å². The van der Waals surface area contributed by atoms with E-state index >= 15 is 0 Å². The number of amides is 1. The second-order valence-corrected chi connectivity index (χ2v) is 6.54. The van der Waals surface area contributed by atoms with Crippen LogP contribution >= 0.6 is 23.2 Å². The molecular weight excluding hydrogens is 327 g/mol. The Bertz CT molecular complexity index is 532. The van der Waals surface area contributed by atoms with Gasteiger partial charge in [-0.3, -0.25) is 9.69 Å². The standard InChI is InChI=1S/C15H20Cl2N2O3/c1-15(21,10-19-4-6-22-7-5-19)9-18-14(20)12-3-2-11(16)8-13(12)17/h2-3,8,21H,4-7,9-10H2,1H3,(H,18,20). The fourth-order valence-corrected chi connectivity index (χ4v) is 2.83. The Morgan fingerprint density at radius 3 is 2.73 bits per heavy atom. The van der Waals surface area contributed by atoms with Crippen molar-refractivity contribution in [1.82, 2.24) is 10.2 Å². The average molecular weight is 347 g/mol. The fraction of sp³-hybridized carbons (Fsp3) is 0.533.